The molecule has 2 aromatic rings. The Morgan fingerprint density at radius 3 is 2.76 bits per heavy atom. The van der Waals surface area contributed by atoms with Crippen molar-refractivity contribution < 1.29 is 14.7 Å². The number of allylic oxidation sites excluding steroid dienone is 1. The maximum absolute atomic E-state index is 12.6. The lowest BCUT2D eigenvalue weighted by Gasteiger charge is -2.38. The van der Waals surface area contributed by atoms with E-state index in [0.717, 1.165) is 5.69 Å². The summed E-state index contributed by atoms with van der Waals surface area (Å²) < 4.78 is 1.68. The van der Waals surface area contributed by atoms with Crippen LogP contribution in [0.2, 0.25) is 0 Å². The molecule has 0 unspecified atom stereocenters. The quantitative estimate of drug-likeness (QED) is 0.620. The fourth-order valence-corrected chi connectivity index (χ4v) is 4.37. The second-order valence-electron chi connectivity index (χ2n) is 5.82. The van der Waals surface area contributed by atoms with Gasteiger partial charge in [-0.25, -0.2) is 4.79 Å². The molecule has 1 amide bonds. The van der Waals surface area contributed by atoms with Crippen molar-refractivity contribution in [1.29, 1.82) is 0 Å². The second kappa shape index (κ2) is 5.31. The molecule has 0 radical (unpaired) electrons. The molecule has 0 aromatic carbocycles. The van der Waals surface area contributed by atoms with Crippen LogP contribution in [0.5, 0.6) is 0 Å². The van der Waals surface area contributed by atoms with Crippen LogP contribution in [0.3, 0.4) is 0 Å². The number of carboxylic acids is 1. The molecule has 2 aliphatic heterocycles. The molecule has 25 heavy (non-hydrogen) atoms. The van der Waals surface area contributed by atoms with Gasteiger partial charge in [-0.15, -0.1) is 0 Å². The third kappa shape index (κ3) is 2.14. The Labute approximate surface area is 146 Å². The summed E-state index contributed by atoms with van der Waals surface area (Å²) >= 11 is 1.32. The number of hydrogen-bond acceptors (Lipinski definition) is 6. The van der Waals surface area contributed by atoms with Gasteiger partial charge < -0.3 is 5.11 Å². The number of aromatic amines is 1. The van der Waals surface area contributed by atoms with Gasteiger partial charge >= 0.3 is 5.97 Å². The van der Waals surface area contributed by atoms with Gasteiger partial charge in [0.1, 0.15) is 22.5 Å². The molecule has 1 atom stereocenters. The Hall–Kier alpha value is -2.88. The highest BCUT2D eigenvalue weighted by Gasteiger charge is 2.54. The minimum Gasteiger partial charge on any atom is -0.477 e. The zero-order valence-corrected chi connectivity index (χ0v) is 14.5. The van der Waals surface area contributed by atoms with Crippen molar-refractivity contribution in [2.24, 2.45) is 7.05 Å². The van der Waals surface area contributed by atoms with Crippen molar-refractivity contribution in [1.82, 2.24) is 30.1 Å². The first-order valence-corrected chi connectivity index (χ1v) is 8.33. The third-order valence-corrected chi connectivity index (χ3v) is 5.68. The number of H-pyrrole nitrogens is 1. The third-order valence-electron chi connectivity index (χ3n) is 4.37. The molecule has 2 N–H and O–H groups in total. The van der Waals surface area contributed by atoms with Crippen molar-refractivity contribution >= 4 is 34.1 Å². The summed E-state index contributed by atoms with van der Waals surface area (Å²) in [5, 5.41) is 23.9. The second-order valence-corrected chi connectivity index (χ2v) is 6.91. The Bertz CT molecular complexity index is 952. The van der Waals surface area contributed by atoms with Gasteiger partial charge in [0.05, 0.1) is 16.7 Å². The predicted molar refractivity (Wildman–Crippen MR) is 89.7 cm³/mol. The van der Waals surface area contributed by atoms with E-state index in [2.05, 4.69) is 20.5 Å². The number of hydrogen-bond donors (Lipinski definition) is 2. The van der Waals surface area contributed by atoms with E-state index in [0.29, 0.717) is 27.4 Å². The van der Waals surface area contributed by atoms with E-state index >= 15 is 0 Å². The van der Waals surface area contributed by atoms with Gasteiger partial charge in [-0.05, 0) is 25.5 Å². The maximum atomic E-state index is 12.6. The molecule has 0 spiro atoms. The predicted octanol–water partition coefficient (Wildman–Crippen LogP) is 0.989. The van der Waals surface area contributed by atoms with Gasteiger partial charge in [-0.1, -0.05) is 11.8 Å². The SMILES string of the molecule is CC(=C1C(=O)N2C(C(=O)O)=C(c3cc(C)n(C)n3)S[C@H]12)c1cn[nH]n1. The minimum atomic E-state index is -1.14. The lowest BCUT2D eigenvalue weighted by atomic mass is 9.97. The lowest BCUT2D eigenvalue weighted by Crippen LogP contribution is -2.51. The number of nitrogens with one attached hydrogen (secondary N) is 1. The molecular weight excluding hydrogens is 344 g/mol. The first-order valence-electron chi connectivity index (χ1n) is 7.46. The number of aromatic nitrogens is 5. The molecule has 0 saturated carbocycles. The minimum absolute atomic E-state index is 0.0187. The maximum Gasteiger partial charge on any atom is 0.353 e. The number of fused-ring (bicyclic) bond motifs is 1. The van der Waals surface area contributed by atoms with Crippen molar-refractivity contribution in [3.63, 3.8) is 0 Å². The van der Waals surface area contributed by atoms with E-state index < -0.39 is 5.97 Å². The number of carbonyl (C=O) groups is 2. The van der Waals surface area contributed by atoms with E-state index in [9.17, 15) is 14.7 Å². The number of amides is 1. The topological polar surface area (TPSA) is 117 Å². The van der Waals surface area contributed by atoms with Crippen LogP contribution in [0.25, 0.3) is 10.5 Å². The molecule has 1 saturated heterocycles. The number of carboxylic acid groups (broad SMARTS) is 1. The highest BCUT2D eigenvalue weighted by molar-refractivity contribution is 8.09. The largest absolute Gasteiger partial charge is 0.477 e. The molecule has 0 aliphatic carbocycles. The summed E-state index contributed by atoms with van der Waals surface area (Å²) in [4.78, 5) is 26.2. The van der Waals surface area contributed by atoms with Crippen LogP contribution in [0.1, 0.15) is 24.0 Å². The van der Waals surface area contributed by atoms with Crippen molar-refractivity contribution in [3.05, 3.63) is 40.6 Å². The number of nitrogens with zero attached hydrogens (tertiary/aromatic N) is 5. The summed E-state index contributed by atoms with van der Waals surface area (Å²) in [6, 6.07) is 1.81. The zero-order valence-electron chi connectivity index (χ0n) is 13.6. The van der Waals surface area contributed by atoms with E-state index in [1.54, 1.807) is 18.7 Å². The number of rotatable bonds is 3. The Morgan fingerprint density at radius 2 is 2.20 bits per heavy atom. The van der Waals surface area contributed by atoms with Gasteiger partial charge in [-0.2, -0.15) is 20.5 Å². The fraction of sp³-hybridized carbons (Fsp3) is 0.267. The van der Waals surface area contributed by atoms with Crippen LogP contribution >= 0.6 is 11.8 Å². The van der Waals surface area contributed by atoms with E-state index in [1.165, 1.54) is 22.9 Å². The molecule has 10 heteroatoms. The normalized spacial score (nSPS) is 21.5. The van der Waals surface area contributed by atoms with E-state index in [1.807, 2.05) is 13.0 Å². The van der Waals surface area contributed by atoms with Crippen molar-refractivity contribution in [2.45, 2.75) is 19.2 Å². The number of aryl methyl sites for hydroxylation is 2. The van der Waals surface area contributed by atoms with E-state index in [4.69, 9.17) is 0 Å². The van der Waals surface area contributed by atoms with Gasteiger partial charge in [0, 0.05) is 12.7 Å². The number of carbonyl (C=O) groups excluding carboxylic acids is 1. The highest BCUT2D eigenvalue weighted by Crippen LogP contribution is 2.53. The van der Waals surface area contributed by atoms with Crippen LogP contribution < -0.4 is 0 Å². The van der Waals surface area contributed by atoms with E-state index in [-0.39, 0.29) is 17.0 Å². The smallest absolute Gasteiger partial charge is 0.353 e. The molecule has 128 valence electrons. The summed E-state index contributed by atoms with van der Waals surface area (Å²) in [5.41, 5.74) is 3.25. The first kappa shape index (κ1) is 15.6. The Balaban J connectivity index is 1.78. The Morgan fingerprint density at radius 1 is 1.44 bits per heavy atom. The van der Waals surface area contributed by atoms with Crippen molar-refractivity contribution in [3.8, 4) is 0 Å². The molecule has 1 fully saturated rings. The summed E-state index contributed by atoms with van der Waals surface area (Å²) in [6.45, 7) is 3.67. The molecule has 9 nitrogen and oxygen atoms in total. The molecule has 4 rings (SSSR count). The first-order chi connectivity index (χ1) is 11.9. The van der Waals surface area contributed by atoms with Gasteiger partial charge in [0.25, 0.3) is 5.91 Å². The van der Waals surface area contributed by atoms with Crippen LogP contribution in [0, 0.1) is 6.92 Å². The summed E-state index contributed by atoms with van der Waals surface area (Å²) in [6.07, 6.45) is 1.53. The molecule has 2 aliphatic rings. The average Bonchev–Trinajstić information content (AvgIpc) is 3.25. The lowest BCUT2D eigenvalue weighted by molar-refractivity contribution is -0.140. The molecular formula is C15H14N6O3S. The molecule has 4 heterocycles. The monoisotopic (exact) mass is 358 g/mol. The average molecular weight is 358 g/mol. The number of thioether (sulfide) groups is 1. The number of β-lactam (4-membered cyclic amide) rings is 1. The standard InChI is InChI=1S/C15H14N6O3S/c1-6-4-8(18-20(6)3)12-11(15(23)24)21-13(22)10(14(21)25-12)7(2)9-5-16-19-17-9/h4-5,14H,1-3H3,(H,23,24)(H,16,17,19)/t14-/m1/s1. The van der Waals surface area contributed by atoms with Gasteiger partial charge in [0.2, 0.25) is 0 Å². The fourth-order valence-electron chi connectivity index (χ4n) is 2.93. The molecule has 2 aromatic heterocycles. The van der Waals surface area contributed by atoms with Gasteiger partial charge in [-0.3, -0.25) is 14.4 Å². The zero-order chi connectivity index (χ0) is 17.9. The van der Waals surface area contributed by atoms with Gasteiger partial charge in [0.15, 0.2) is 0 Å². The van der Waals surface area contributed by atoms with Crippen LogP contribution in [-0.2, 0) is 16.6 Å². The summed E-state index contributed by atoms with van der Waals surface area (Å²) in [7, 11) is 1.79. The highest BCUT2D eigenvalue weighted by atomic mass is 32.2. The van der Waals surface area contributed by atoms with Crippen LogP contribution in [-0.4, -0.2) is 52.4 Å². The molecule has 0 bridgehead atoms. The van der Waals surface area contributed by atoms with Crippen molar-refractivity contribution in [2.75, 3.05) is 0 Å². The van der Waals surface area contributed by atoms with Crippen LogP contribution in [0.15, 0.2) is 23.5 Å². The Kier molecular flexibility index (Phi) is 3.32. The van der Waals surface area contributed by atoms with Crippen LogP contribution in [0.4, 0.5) is 0 Å². The number of aliphatic carboxylic acids is 1. The summed E-state index contributed by atoms with van der Waals surface area (Å²) in [5.74, 6) is -1.46.